The smallest absolute Gasteiger partial charge is 0.189 e. The Labute approximate surface area is 68.5 Å². The van der Waals surface area contributed by atoms with Crippen molar-refractivity contribution < 1.29 is 21.3 Å². The maximum Gasteiger partial charge on any atom is 0.359 e. The molecule has 0 fully saturated rings. The van der Waals surface area contributed by atoms with Crippen LogP contribution in [-0.4, -0.2) is 8.42 Å². The Hall–Kier alpha value is -1.04. The van der Waals surface area contributed by atoms with Crippen LogP contribution < -0.4 is 4.57 Å². The van der Waals surface area contributed by atoms with Crippen molar-refractivity contribution in [1.29, 1.82) is 0 Å². The molecule has 0 spiro atoms. The Balaban J connectivity index is 3.33. The monoisotopic (exact) mass is 194 g/mol. The van der Waals surface area contributed by atoms with Crippen LogP contribution in [0.3, 0.4) is 0 Å². The number of pyridine rings is 1. The number of halogens is 2. The SMILES string of the molecule is C[n+]1cc(S(=O)(=O)F)ccc1F. The molecule has 0 atom stereocenters. The summed E-state index contributed by atoms with van der Waals surface area (Å²) in [6.07, 6.45) is 0.866. The van der Waals surface area contributed by atoms with Crippen LogP contribution in [0.15, 0.2) is 23.2 Å². The average molecular weight is 194 g/mol. The third-order valence-corrected chi connectivity index (χ3v) is 2.13. The zero-order valence-corrected chi connectivity index (χ0v) is 6.98. The number of hydrogen-bond donors (Lipinski definition) is 0. The zero-order valence-electron chi connectivity index (χ0n) is 6.16. The van der Waals surface area contributed by atoms with Crippen molar-refractivity contribution in [2.45, 2.75) is 4.90 Å². The molecule has 1 heterocycles. The van der Waals surface area contributed by atoms with E-state index in [1.165, 1.54) is 7.05 Å². The van der Waals surface area contributed by atoms with Gasteiger partial charge in [-0.15, -0.1) is 8.28 Å². The molecule has 0 radical (unpaired) electrons. The first-order chi connectivity index (χ1) is 5.41. The fourth-order valence-corrected chi connectivity index (χ4v) is 1.22. The molecule has 0 aliphatic heterocycles. The third-order valence-electron chi connectivity index (χ3n) is 1.32. The summed E-state index contributed by atoms with van der Waals surface area (Å²) in [5, 5.41) is 0. The van der Waals surface area contributed by atoms with Gasteiger partial charge >= 0.3 is 16.2 Å². The molecule has 3 nitrogen and oxygen atoms in total. The second-order valence-corrected chi connectivity index (χ2v) is 3.58. The molecule has 0 aromatic carbocycles. The summed E-state index contributed by atoms with van der Waals surface area (Å²) in [5.41, 5.74) is 0. The first-order valence-corrected chi connectivity index (χ1v) is 4.39. The van der Waals surface area contributed by atoms with Gasteiger partial charge in [-0.2, -0.15) is 13.0 Å². The van der Waals surface area contributed by atoms with E-state index in [1.807, 2.05) is 0 Å². The van der Waals surface area contributed by atoms with Crippen molar-refractivity contribution in [3.63, 3.8) is 0 Å². The highest BCUT2D eigenvalue weighted by atomic mass is 32.3. The number of rotatable bonds is 1. The van der Waals surface area contributed by atoms with Gasteiger partial charge in [-0.05, 0) is 6.07 Å². The molecule has 0 unspecified atom stereocenters. The van der Waals surface area contributed by atoms with Crippen LogP contribution in [0.1, 0.15) is 0 Å². The van der Waals surface area contributed by atoms with E-state index in [1.54, 1.807) is 0 Å². The summed E-state index contributed by atoms with van der Waals surface area (Å²) in [6, 6.07) is 1.75. The molecular formula is C6H6F2NO2S+. The summed E-state index contributed by atoms with van der Waals surface area (Å²) >= 11 is 0. The van der Waals surface area contributed by atoms with E-state index in [0.29, 0.717) is 0 Å². The average Bonchev–Trinajstić information content (AvgIpc) is 1.92. The molecule has 6 heteroatoms. The molecule has 0 N–H and O–H groups in total. The van der Waals surface area contributed by atoms with Crippen LogP contribution in [0, 0.1) is 5.95 Å². The maximum absolute atomic E-state index is 12.5. The van der Waals surface area contributed by atoms with E-state index in [9.17, 15) is 16.7 Å². The van der Waals surface area contributed by atoms with Gasteiger partial charge in [0.2, 0.25) is 0 Å². The lowest BCUT2D eigenvalue weighted by atomic mass is 10.5. The molecule has 0 saturated heterocycles. The van der Waals surface area contributed by atoms with Gasteiger partial charge in [0.25, 0.3) is 0 Å². The molecule has 1 aromatic heterocycles. The van der Waals surface area contributed by atoms with Gasteiger partial charge in [-0.25, -0.2) is 0 Å². The van der Waals surface area contributed by atoms with Gasteiger partial charge in [0.1, 0.15) is 7.05 Å². The van der Waals surface area contributed by atoms with E-state index in [2.05, 4.69) is 0 Å². The van der Waals surface area contributed by atoms with Crippen LogP contribution in [0.4, 0.5) is 8.28 Å². The first kappa shape index (κ1) is 9.05. The topological polar surface area (TPSA) is 38.0 Å². The summed E-state index contributed by atoms with van der Waals surface area (Å²) in [4.78, 5) is -0.550. The molecule has 0 amide bonds. The van der Waals surface area contributed by atoms with Crippen molar-refractivity contribution in [2.75, 3.05) is 0 Å². The van der Waals surface area contributed by atoms with Crippen LogP contribution in [0.25, 0.3) is 0 Å². The summed E-state index contributed by atoms with van der Waals surface area (Å²) in [7, 11) is -3.45. The highest BCUT2D eigenvalue weighted by Gasteiger charge is 2.17. The Bertz CT molecular complexity index is 402. The normalized spacial score (nSPS) is 11.6. The standard InChI is InChI=1S/C6H6F2NO2S/c1-9-4-5(12(8,10)11)2-3-6(9)7/h2-4H,1H3/q+1. The molecule has 12 heavy (non-hydrogen) atoms. The summed E-state index contributed by atoms with van der Waals surface area (Å²) in [5.74, 6) is -0.637. The van der Waals surface area contributed by atoms with Crippen LogP contribution >= 0.6 is 0 Å². The first-order valence-electron chi connectivity index (χ1n) is 3.01. The van der Waals surface area contributed by atoms with Crippen molar-refractivity contribution in [1.82, 2.24) is 0 Å². The van der Waals surface area contributed by atoms with Crippen LogP contribution in [-0.2, 0) is 17.3 Å². The maximum atomic E-state index is 12.5. The quantitative estimate of drug-likeness (QED) is 0.366. The highest BCUT2D eigenvalue weighted by Crippen LogP contribution is 2.08. The van der Waals surface area contributed by atoms with E-state index in [-0.39, 0.29) is 0 Å². The predicted octanol–water partition coefficient (Wildman–Crippen LogP) is 0.308. The minimum absolute atomic E-state index is 0.550. The molecule has 0 saturated carbocycles. The molecule has 0 bridgehead atoms. The van der Waals surface area contributed by atoms with Crippen LogP contribution in [0.5, 0.6) is 0 Å². The molecule has 1 aromatic rings. The molecule has 0 aliphatic carbocycles. The predicted molar refractivity (Wildman–Crippen MR) is 35.9 cm³/mol. The fraction of sp³-hybridized carbons (Fsp3) is 0.167. The molecule has 66 valence electrons. The minimum Gasteiger partial charge on any atom is -0.189 e. The van der Waals surface area contributed by atoms with Crippen molar-refractivity contribution in [2.24, 2.45) is 7.05 Å². The largest absolute Gasteiger partial charge is 0.359 e. The summed E-state index contributed by atoms with van der Waals surface area (Å²) < 4.78 is 46.3. The van der Waals surface area contributed by atoms with Crippen LogP contribution in [0.2, 0.25) is 0 Å². The van der Waals surface area contributed by atoms with E-state index in [4.69, 9.17) is 0 Å². The third kappa shape index (κ3) is 1.76. The summed E-state index contributed by atoms with van der Waals surface area (Å²) in [6.45, 7) is 0. The van der Waals surface area contributed by atoms with Crippen molar-refractivity contribution in [3.8, 4) is 0 Å². The van der Waals surface area contributed by atoms with E-state index in [0.717, 1.165) is 22.9 Å². The second kappa shape index (κ2) is 2.78. The highest BCUT2D eigenvalue weighted by molar-refractivity contribution is 7.86. The van der Waals surface area contributed by atoms with Crippen molar-refractivity contribution >= 4 is 10.2 Å². The molecule has 1 rings (SSSR count). The number of nitrogens with zero attached hydrogens (tertiary/aromatic N) is 1. The lowest BCUT2D eigenvalue weighted by molar-refractivity contribution is -0.702. The van der Waals surface area contributed by atoms with Gasteiger partial charge in [0, 0.05) is 6.07 Å². The Morgan fingerprint density at radius 3 is 2.42 bits per heavy atom. The minimum atomic E-state index is -4.73. The molecular weight excluding hydrogens is 188 g/mol. The van der Waals surface area contributed by atoms with Gasteiger partial charge in [0.05, 0.1) is 0 Å². The lowest BCUT2D eigenvalue weighted by Gasteiger charge is -1.92. The number of aromatic nitrogens is 1. The lowest BCUT2D eigenvalue weighted by Crippen LogP contribution is -2.33. The van der Waals surface area contributed by atoms with Crippen molar-refractivity contribution in [3.05, 3.63) is 24.3 Å². The van der Waals surface area contributed by atoms with Gasteiger partial charge in [0.15, 0.2) is 11.1 Å². The Morgan fingerprint density at radius 1 is 1.42 bits per heavy atom. The Kier molecular flexibility index (Phi) is 2.10. The number of hydrogen-bond acceptors (Lipinski definition) is 2. The van der Waals surface area contributed by atoms with Gasteiger partial charge in [-0.3, -0.25) is 0 Å². The number of aryl methyl sites for hydroxylation is 1. The fourth-order valence-electron chi connectivity index (χ4n) is 0.708. The molecule has 0 aliphatic rings. The zero-order chi connectivity index (χ0) is 9.35. The van der Waals surface area contributed by atoms with Gasteiger partial charge < -0.3 is 0 Å². The Morgan fingerprint density at radius 2 is 2.00 bits per heavy atom. The van der Waals surface area contributed by atoms with Gasteiger partial charge in [-0.1, -0.05) is 0 Å². The van der Waals surface area contributed by atoms with E-state index >= 15 is 0 Å². The van der Waals surface area contributed by atoms with E-state index < -0.39 is 21.1 Å². The second-order valence-electron chi connectivity index (χ2n) is 2.24.